The average Bonchev–Trinajstić information content (AvgIpc) is 3.59. The van der Waals surface area contributed by atoms with E-state index in [2.05, 4.69) is 29.2 Å². The predicted molar refractivity (Wildman–Crippen MR) is 114 cm³/mol. The number of anilines is 1. The second-order valence-corrected chi connectivity index (χ2v) is 9.87. The lowest BCUT2D eigenvalue weighted by molar-refractivity contribution is -0.116. The zero-order chi connectivity index (χ0) is 19.3. The molecule has 0 bridgehead atoms. The molecule has 1 unspecified atom stereocenters. The number of fused-ring (bicyclic) bond motifs is 1. The molecule has 0 aliphatic heterocycles. The summed E-state index contributed by atoms with van der Waals surface area (Å²) in [5, 5.41) is 5.55. The zero-order valence-corrected chi connectivity index (χ0v) is 17.8. The third kappa shape index (κ3) is 3.55. The summed E-state index contributed by atoms with van der Waals surface area (Å²) < 4.78 is 2.71. The Hall–Kier alpha value is -1.57. The molecule has 1 heterocycles. The Morgan fingerprint density at radius 2 is 1.96 bits per heavy atom. The maximum Gasteiger partial charge on any atom is 0.225 e. The lowest BCUT2D eigenvalue weighted by Crippen LogP contribution is -2.35. The van der Waals surface area contributed by atoms with Crippen LogP contribution in [0.1, 0.15) is 62.6 Å². The van der Waals surface area contributed by atoms with E-state index in [1.165, 1.54) is 54.6 Å². The van der Waals surface area contributed by atoms with E-state index < -0.39 is 0 Å². The zero-order valence-electron chi connectivity index (χ0n) is 16.2. The van der Waals surface area contributed by atoms with Gasteiger partial charge >= 0.3 is 0 Å². The van der Waals surface area contributed by atoms with Crippen LogP contribution < -0.4 is 4.90 Å². The summed E-state index contributed by atoms with van der Waals surface area (Å²) in [5.74, 6) is 0.0682. The number of amides is 1. The molecule has 2 aromatic rings. The van der Waals surface area contributed by atoms with Crippen LogP contribution in [0, 0.1) is 3.95 Å². The molecule has 7 heteroatoms. The molecule has 2 saturated carbocycles. The van der Waals surface area contributed by atoms with Gasteiger partial charge in [-0.25, -0.2) is 4.68 Å². The first-order valence-corrected chi connectivity index (χ1v) is 11.6. The fourth-order valence-electron chi connectivity index (χ4n) is 4.46. The highest BCUT2D eigenvalue weighted by Crippen LogP contribution is 2.41. The van der Waals surface area contributed by atoms with Crippen LogP contribution in [0.5, 0.6) is 0 Å². The van der Waals surface area contributed by atoms with Crippen molar-refractivity contribution >= 4 is 34.6 Å². The van der Waals surface area contributed by atoms with Crippen molar-refractivity contribution in [3.63, 3.8) is 0 Å². The predicted octanol–water partition coefficient (Wildman–Crippen LogP) is 4.69. The summed E-state index contributed by atoms with van der Waals surface area (Å²) in [7, 11) is 0. The van der Waals surface area contributed by atoms with Crippen LogP contribution in [0.15, 0.2) is 24.3 Å². The molecule has 1 amide bonds. The van der Waals surface area contributed by atoms with Crippen LogP contribution in [0.2, 0.25) is 0 Å². The summed E-state index contributed by atoms with van der Waals surface area (Å²) in [6, 6.07) is 10.3. The first-order valence-electron chi connectivity index (χ1n) is 10.3. The van der Waals surface area contributed by atoms with Crippen LogP contribution in [0.25, 0.3) is 0 Å². The van der Waals surface area contributed by atoms with Gasteiger partial charge in [0.15, 0.2) is 3.95 Å². The minimum Gasteiger partial charge on any atom is -0.284 e. The first kappa shape index (κ1) is 18.5. The van der Waals surface area contributed by atoms with Gasteiger partial charge in [-0.1, -0.05) is 35.6 Å². The molecular formula is C21H26N4OS2. The minimum atomic E-state index is 0.0682. The Bertz CT molecular complexity index is 944. The van der Waals surface area contributed by atoms with Gasteiger partial charge in [0.05, 0.1) is 6.67 Å². The van der Waals surface area contributed by atoms with E-state index >= 15 is 0 Å². The molecule has 1 aromatic heterocycles. The fourth-order valence-corrected chi connectivity index (χ4v) is 5.66. The third-order valence-corrected chi connectivity index (χ3v) is 7.41. The van der Waals surface area contributed by atoms with E-state index in [9.17, 15) is 4.79 Å². The highest BCUT2D eigenvalue weighted by molar-refractivity contribution is 7.73. The first-order chi connectivity index (χ1) is 13.6. The summed E-state index contributed by atoms with van der Waals surface area (Å²) in [6.07, 6.45) is 8.26. The molecule has 1 aromatic carbocycles. The highest BCUT2D eigenvalue weighted by atomic mass is 32.1. The maximum absolute atomic E-state index is 12.1. The molecular weight excluding hydrogens is 388 g/mol. The number of hydrogen-bond donors (Lipinski definition) is 0. The Kier molecular flexibility index (Phi) is 4.85. The number of rotatable bonds is 6. The van der Waals surface area contributed by atoms with Gasteiger partial charge in [-0.15, -0.1) is 5.10 Å². The highest BCUT2D eigenvalue weighted by Gasteiger charge is 2.38. The normalized spacial score (nSPS) is 21.6. The van der Waals surface area contributed by atoms with Gasteiger partial charge in [0.1, 0.15) is 0 Å². The van der Waals surface area contributed by atoms with Crippen molar-refractivity contribution < 1.29 is 4.79 Å². The van der Waals surface area contributed by atoms with E-state index in [4.69, 9.17) is 17.3 Å². The summed E-state index contributed by atoms with van der Waals surface area (Å²) in [6.45, 7) is 2.35. The Morgan fingerprint density at radius 1 is 1.21 bits per heavy atom. The SMILES string of the molecule is CC(=O)N(c1nn(CN(C2CC2)C2CCCc3ccccc32)c(=S)s1)C1CC1. The average molecular weight is 415 g/mol. The quantitative estimate of drug-likeness (QED) is 0.643. The smallest absolute Gasteiger partial charge is 0.225 e. The van der Waals surface area contributed by atoms with Crippen molar-refractivity contribution in [3.8, 4) is 0 Å². The van der Waals surface area contributed by atoms with Crippen molar-refractivity contribution in [2.75, 3.05) is 4.90 Å². The van der Waals surface area contributed by atoms with E-state index in [1.54, 1.807) is 6.92 Å². The van der Waals surface area contributed by atoms with Crippen molar-refractivity contribution in [1.29, 1.82) is 0 Å². The van der Waals surface area contributed by atoms with Gasteiger partial charge in [-0.3, -0.25) is 14.6 Å². The Morgan fingerprint density at radius 3 is 2.68 bits per heavy atom. The van der Waals surface area contributed by atoms with Crippen molar-refractivity contribution in [2.45, 2.75) is 76.7 Å². The molecule has 5 nitrogen and oxygen atoms in total. The topological polar surface area (TPSA) is 41.4 Å². The summed E-state index contributed by atoms with van der Waals surface area (Å²) >= 11 is 7.12. The summed E-state index contributed by atoms with van der Waals surface area (Å²) in [5.41, 5.74) is 2.97. The molecule has 28 heavy (non-hydrogen) atoms. The number of carbonyl (C=O) groups excluding carboxylic acids is 1. The molecule has 0 radical (unpaired) electrons. The van der Waals surface area contributed by atoms with E-state index in [1.807, 2.05) is 9.58 Å². The molecule has 5 rings (SSSR count). The standard InChI is InChI=1S/C21H26N4OS2/c1-14(26)25(17-11-12-17)20-22-24(21(27)28-20)13-23(16-9-10-16)19-8-4-6-15-5-2-3-7-18(15)19/h2-3,5,7,16-17,19H,4,6,8-13H2,1H3. The van der Waals surface area contributed by atoms with Crippen molar-refractivity contribution in [2.24, 2.45) is 0 Å². The largest absolute Gasteiger partial charge is 0.284 e. The number of aryl methyl sites for hydroxylation is 1. The van der Waals surface area contributed by atoms with Crippen LogP contribution in [0.3, 0.4) is 0 Å². The second kappa shape index (κ2) is 7.35. The molecule has 0 spiro atoms. The third-order valence-electron chi connectivity index (χ3n) is 6.10. The van der Waals surface area contributed by atoms with Crippen molar-refractivity contribution in [1.82, 2.24) is 14.7 Å². The number of benzene rings is 1. The van der Waals surface area contributed by atoms with Crippen LogP contribution in [-0.4, -0.2) is 32.7 Å². The van der Waals surface area contributed by atoms with Gasteiger partial charge in [0, 0.05) is 25.0 Å². The van der Waals surface area contributed by atoms with E-state index in [0.29, 0.717) is 18.1 Å². The monoisotopic (exact) mass is 414 g/mol. The Balaban J connectivity index is 1.43. The number of hydrogen-bond acceptors (Lipinski definition) is 5. The molecule has 0 N–H and O–H groups in total. The Labute approximate surface area is 175 Å². The number of nitrogens with zero attached hydrogens (tertiary/aromatic N) is 4. The molecule has 3 aliphatic carbocycles. The maximum atomic E-state index is 12.1. The van der Waals surface area contributed by atoms with E-state index in [0.717, 1.165) is 28.6 Å². The molecule has 2 fully saturated rings. The molecule has 3 aliphatic rings. The van der Waals surface area contributed by atoms with Gasteiger partial charge in [0.25, 0.3) is 0 Å². The molecule has 1 atom stereocenters. The van der Waals surface area contributed by atoms with Crippen LogP contribution >= 0.6 is 23.6 Å². The number of aromatic nitrogens is 2. The lowest BCUT2D eigenvalue weighted by Gasteiger charge is -2.36. The van der Waals surface area contributed by atoms with E-state index in [-0.39, 0.29) is 5.91 Å². The summed E-state index contributed by atoms with van der Waals surface area (Å²) in [4.78, 5) is 16.6. The minimum absolute atomic E-state index is 0.0682. The van der Waals surface area contributed by atoms with Gasteiger partial charge in [-0.05, 0) is 68.3 Å². The van der Waals surface area contributed by atoms with Crippen LogP contribution in [-0.2, 0) is 17.9 Å². The molecule has 0 saturated heterocycles. The van der Waals surface area contributed by atoms with Gasteiger partial charge < -0.3 is 0 Å². The number of carbonyl (C=O) groups is 1. The lowest BCUT2D eigenvalue weighted by atomic mass is 9.87. The van der Waals surface area contributed by atoms with Gasteiger partial charge in [-0.2, -0.15) is 0 Å². The molecule has 148 valence electrons. The fraction of sp³-hybridized carbons (Fsp3) is 0.571. The van der Waals surface area contributed by atoms with Gasteiger partial charge in [0.2, 0.25) is 11.0 Å². The second-order valence-electron chi connectivity index (χ2n) is 8.26. The van der Waals surface area contributed by atoms with Crippen LogP contribution in [0.4, 0.5) is 5.13 Å². The van der Waals surface area contributed by atoms with Crippen molar-refractivity contribution in [3.05, 3.63) is 39.3 Å².